The van der Waals surface area contributed by atoms with Crippen molar-refractivity contribution in [3.8, 4) is 0 Å². The molecule has 0 aliphatic heterocycles. The summed E-state index contributed by atoms with van der Waals surface area (Å²) in [6.07, 6.45) is 4.24. The van der Waals surface area contributed by atoms with Gasteiger partial charge in [-0.1, -0.05) is 6.07 Å². The number of nitrogens with zero attached hydrogens (tertiary/aromatic N) is 1. The van der Waals surface area contributed by atoms with Crippen molar-refractivity contribution in [2.45, 2.75) is 6.42 Å². The molecule has 0 spiro atoms. The molecular weight excluding hydrogens is 154 g/mol. The summed E-state index contributed by atoms with van der Waals surface area (Å²) in [7, 11) is 0. The van der Waals surface area contributed by atoms with Crippen LogP contribution in [0.2, 0.25) is 0 Å². The first-order valence-corrected chi connectivity index (χ1v) is 3.71. The molecule has 1 aromatic heterocycles. The molecule has 0 saturated heterocycles. The van der Waals surface area contributed by atoms with Crippen molar-refractivity contribution in [3.63, 3.8) is 0 Å². The van der Waals surface area contributed by atoms with Gasteiger partial charge in [-0.15, -0.1) is 0 Å². The number of urea groups is 1. The van der Waals surface area contributed by atoms with Gasteiger partial charge in [0.05, 0.1) is 0 Å². The van der Waals surface area contributed by atoms with Gasteiger partial charge in [-0.25, -0.2) is 4.79 Å². The van der Waals surface area contributed by atoms with E-state index in [1.54, 1.807) is 12.4 Å². The van der Waals surface area contributed by atoms with Crippen molar-refractivity contribution in [1.29, 1.82) is 0 Å². The van der Waals surface area contributed by atoms with Crippen LogP contribution in [0.25, 0.3) is 0 Å². The molecule has 0 aromatic carbocycles. The molecule has 0 saturated carbocycles. The molecule has 1 aromatic rings. The zero-order chi connectivity index (χ0) is 8.81. The highest BCUT2D eigenvalue weighted by Gasteiger charge is 1.93. The van der Waals surface area contributed by atoms with Gasteiger partial charge in [-0.3, -0.25) is 4.98 Å². The van der Waals surface area contributed by atoms with Gasteiger partial charge in [0, 0.05) is 20.4 Å². The Hall–Kier alpha value is -1.58. The monoisotopic (exact) mass is 167 g/mol. The summed E-state index contributed by atoms with van der Waals surface area (Å²) in [4.78, 5) is 14.2. The highest BCUT2D eigenvalue weighted by atomic mass is 16.2. The molecule has 2 amide bonds. The number of nitrogens with two attached hydrogens (primary N) is 1. The van der Waals surface area contributed by atoms with E-state index in [9.17, 15) is 4.79 Å². The number of nitrogens with one attached hydrogen (secondary N) is 1. The van der Waals surface area contributed by atoms with Crippen LogP contribution in [0.4, 0.5) is 4.79 Å². The lowest BCUT2D eigenvalue weighted by Gasteiger charge is -2.00. The van der Waals surface area contributed by atoms with Crippen molar-refractivity contribution < 1.29 is 6.22 Å². The lowest BCUT2D eigenvalue weighted by molar-refractivity contribution is 0.249. The second-order valence-electron chi connectivity index (χ2n) is 2.40. The molecule has 0 unspecified atom stereocenters. The van der Waals surface area contributed by atoms with Crippen molar-refractivity contribution in [2.24, 2.45) is 5.73 Å². The molecule has 3 N–H and O–H groups in total. The SMILES string of the molecule is NC(=O)NCCc1cccnc1.[HH]. The van der Waals surface area contributed by atoms with Gasteiger partial charge in [-0.2, -0.15) is 0 Å². The van der Waals surface area contributed by atoms with Gasteiger partial charge in [0.1, 0.15) is 0 Å². The Kier molecular flexibility index (Phi) is 3.07. The molecule has 0 radical (unpaired) electrons. The van der Waals surface area contributed by atoms with E-state index in [2.05, 4.69) is 10.3 Å². The fourth-order valence-corrected chi connectivity index (χ4v) is 0.876. The average Bonchev–Trinajstić information content (AvgIpc) is 2.05. The highest BCUT2D eigenvalue weighted by molar-refractivity contribution is 5.71. The molecular formula is C8H13N3O. The standard InChI is InChI=1S/C8H11N3O.H2/c9-8(12)11-5-3-7-2-1-4-10-6-7;/h1-2,4,6H,3,5H2,(H3,9,11,12);1H. The van der Waals surface area contributed by atoms with Crippen LogP contribution >= 0.6 is 0 Å². The van der Waals surface area contributed by atoms with Crippen molar-refractivity contribution in [3.05, 3.63) is 30.1 Å². The van der Waals surface area contributed by atoms with E-state index in [-0.39, 0.29) is 1.43 Å². The number of rotatable bonds is 3. The third-order valence-corrected chi connectivity index (χ3v) is 1.44. The molecule has 4 heteroatoms. The molecule has 12 heavy (non-hydrogen) atoms. The van der Waals surface area contributed by atoms with E-state index in [0.29, 0.717) is 6.54 Å². The summed E-state index contributed by atoms with van der Waals surface area (Å²) in [5, 5.41) is 2.51. The van der Waals surface area contributed by atoms with Crippen molar-refractivity contribution in [1.82, 2.24) is 10.3 Å². The summed E-state index contributed by atoms with van der Waals surface area (Å²) in [5.74, 6) is 0. The summed E-state index contributed by atoms with van der Waals surface area (Å²) < 4.78 is 0. The quantitative estimate of drug-likeness (QED) is 0.689. The average molecular weight is 167 g/mol. The zero-order valence-electron chi connectivity index (χ0n) is 6.66. The minimum absolute atomic E-state index is 0. The summed E-state index contributed by atoms with van der Waals surface area (Å²) in [6, 6.07) is 3.33. The predicted octanol–water partition coefficient (Wildman–Crippen LogP) is 0.538. The molecule has 1 heterocycles. The van der Waals surface area contributed by atoms with Crippen LogP contribution in [-0.4, -0.2) is 17.6 Å². The van der Waals surface area contributed by atoms with E-state index in [1.807, 2.05) is 12.1 Å². The summed E-state index contributed by atoms with van der Waals surface area (Å²) >= 11 is 0. The van der Waals surface area contributed by atoms with Gasteiger partial charge in [0.25, 0.3) is 0 Å². The number of pyridine rings is 1. The number of carbonyl (C=O) groups excluding carboxylic acids is 1. The van der Waals surface area contributed by atoms with Gasteiger partial charge < -0.3 is 11.1 Å². The lowest BCUT2D eigenvalue weighted by atomic mass is 10.2. The number of primary amides is 1. The molecule has 0 aliphatic carbocycles. The van der Waals surface area contributed by atoms with Crippen LogP contribution < -0.4 is 11.1 Å². The molecule has 4 nitrogen and oxygen atoms in total. The Morgan fingerprint density at radius 1 is 1.75 bits per heavy atom. The highest BCUT2D eigenvalue weighted by Crippen LogP contribution is 1.94. The Labute approximate surface area is 72.3 Å². The Morgan fingerprint density at radius 3 is 3.17 bits per heavy atom. The van der Waals surface area contributed by atoms with Gasteiger partial charge in [0.15, 0.2) is 0 Å². The minimum atomic E-state index is -0.487. The summed E-state index contributed by atoms with van der Waals surface area (Å²) in [5.41, 5.74) is 5.98. The molecule has 0 atom stereocenters. The fourth-order valence-electron chi connectivity index (χ4n) is 0.876. The van der Waals surface area contributed by atoms with E-state index >= 15 is 0 Å². The first-order valence-electron chi connectivity index (χ1n) is 3.71. The van der Waals surface area contributed by atoms with Crippen LogP contribution in [0.3, 0.4) is 0 Å². The smallest absolute Gasteiger partial charge is 0.312 e. The van der Waals surface area contributed by atoms with Gasteiger partial charge in [-0.05, 0) is 18.1 Å². The van der Waals surface area contributed by atoms with Crippen LogP contribution in [-0.2, 0) is 6.42 Å². The van der Waals surface area contributed by atoms with Crippen molar-refractivity contribution in [2.75, 3.05) is 6.54 Å². The van der Waals surface area contributed by atoms with Gasteiger partial charge >= 0.3 is 6.03 Å². The number of aromatic nitrogens is 1. The van der Waals surface area contributed by atoms with E-state index in [4.69, 9.17) is 5.73 Å². The third-order valence-electron chi connectivity index (χ3n) is 1.44. The second-order valence-corrected chi connectivity index (χ2v) is 2.40. The maximum atomic E-state index is 10.3. The minimum Gasteiger partial charge on any atom is -0.352 e. The molecule has 0 bridgehead atoms. The molecule has 66 valence electrons. The van der Waals surface area contributed by atoms with E-state index < -0.39 is 6.03 Å². The van der Waals surface area contributed by atoms with Crippen LogP contribution in [0.1, 0.15) is 6.99 Å². The van der Waals surface area contributed by atoms with Crippen LogP contribution in [0.15, 0.2) is 24.5 Å². The lowest BCUT2D eigenvalue weighted by Crippen LogP contribution is -2.30. The Balaban J connectivity index is 0.00000144. The number of carbonyl (C=O) groups is 1. The molecule has 0 fully saturated rings. The zero-order valence-corrected chi connectivity index (χ0v) is 6.66. The topological polar surface area (TPSA) is 68.0 Å². The maximum Gasteiger partial charge on any atom is 0.312 e. The largest absolute Gasteiger partial charge is 0.352 e. The van der Waals surface area contributed by atoms with E-state index in [1.165, 1.54) is 0 Å². The first-order chi connectivity index (χ1) is 5.79. The molecule has 1 rings (SSSR count). The third kappa shape index (κ3) is 3.01. The normalized spacial score (nSPS) is 9.33. The van der Waals surface area contributed by atoms with E-state index in [0.717, 1.165) is 12.0 Å². The Morgan fingerprint density at radius 2 is 2.58 bits per heavy atom. The first kappa shape index (κ1) is 8.52. The summed E-state index contributed by atoms with van der Waals surface area (Å²) in [6.45, 7) is 0.557. The molecule has 0 aliphatic rings. The number of hydrogen-bond donors (Lipinski definition) is 2. The van der Waals surface area contributed by atoms with Crippen LogP contribution in [0, 0.1) is 0 Å². The number of amides is 2. The Bertz CT molecular complexity index is 253. The predicted molar refractivity (Wildman–Crippen MR) is 47.6 cm³/mol. The van der Waals surface area contributed by atoms with Crippen LogP contribution in [0.5, 0.6) is 0 Å². The fraction of sp³-hybridized carbons (Fsp3) is 0.250. The van der Waals surface area contributed by atoms with Crippen molar-refractivity contribution >= 4 is 6.03 Å². The maximum absolute atomic E-state index is 10.3. The second kappa shape index (κ2) is 4.33. The van der Waals surface area contributed by atoms with Gasteiger partial charge in [0.2, 0.25) is 0 Å². The number of hydrogen-bond acceptors (Lipinski definition) is 2.